The summed E-state index contributed by atoms with van der Waals surface area (Å²) >= 11 is 0. The lowest BCUT2D eigenvalue weighted by atomic mass is 10.1. The van der Waals surface area contributed by atoms with Crippen LogP contribution in [0.3, 0.4) is 0 Å². The van der Waals surface area contributed by atoms with E-state index in [1.54, 1.807) is 24.3 Å². The van der Waals surface area contributed by atoms with Gasteiger partial charge in [-0.3, -0.25) is 4.90 Å². The monoisotopic (exact) mass is 391 g/mol. The lowest BCUT2D eigenvalue weighted by Crippen LogP contribution is -2.29. The van der Waals surface area contributed by atoms with Crippen molar-refractivity contribution in [2.45, 2.75) is 19.5 Å². The summed E-state index contributed by atoms with van der Waals surface area (Å²) in [4.78, 5) is 24.9. The summed E-state index contributed by atoms with van der Waals surface area (Å²) in [5.41, 5.74) is 0.478. The van der Waals surface area contributed by atoms with Crippen LogP contribution < -0.4 is 9.64 Å². The molecule has 1 aliphatic rings. The first-order valence-electron chi connectivity index (χ1n) is 8.74. The van der Waals surface area contributed by atoms with Gasteiger partial charge in [-0.25, -0.2) is 9.59 Å². The van der Waals surface area contributed by atoms with Gasteiger partial charge in [0.05, 0.1) is 24.4 Å². The van der Waals surface area contributed by atoms with Crippen molar-refractivity contribution in [2.75, 3.05) is 24.7 Å². The van der Waals surface area contributed by atoms with E-state index in [9.17, 15) is 18.4 Å². The Hall–Kier alpha value is -3.16. The first-order valence-corrected chi connectivity index (χ1v) is 8.74. The second-order valence-electron chi connectivity index (χ2n) is 6.02. The third kappa shape index (κ3) is 4.05. The van der Waals surface area contributed by atoms with Crippen LogP contribution in [0.15, 0.2) is 48.5 Å². The van der Waals surface area contributed by atoms with Crippen molar-refractivity contribution in [1.29, 1.82) is 0 Å². The van der Waals surface area contributed by atoms with E-state index in [0.29, 0.717) is 12.2 Å². The van der Waals surface area contributed by atoms with Crippen molar-refractivity contribution < 1.29 is 32.6 Å². The topological polar surface area (TPSA) is 65.1 Å². The van der Waals surface area contributed by atoms with E-state index in [-0.39, 0.29) is 25.6 Å². The Labute approximate surface area is 160 Å². The van der Waals surface area contributed by atoms with E-state index in [4.69, 9.17) is 9.47 Å². The van der Waals surface area contributed by atoms with Gasteiger partial charge in [-0.05, 0) is 24.6 Å². The maximum Gasteiger partial charge on any atom is 0.414 e. The summed E-state index contributed by atoms with van der Waals surface area (Å²) in [7, 11) is 0. The molecule has 0 N–H and O–H groups in total. The van der Waals surface area contributed by atoms with Gasteiger partial charge in [-0.15, -0.1) is 0 Å². The molecule has 0 aromatic heterocycles. The number of amides is 1. The van der Waals surface area contributed by atoms with Gasteiger partial charge < -0.3 is 14.2 Å². The molecule has 2 aromatic carbocycles. The number of hydrogen-bond donors (Lipinski definition) is 0. The van der Waals surface area contributed by atoms with E-state index in [2.05, 4.69) is 4.74 Å². The first-order chi connectivity index (χ1) is 13.4. The van der Waals surface area contributed by atoms with Crippen LogP contribution in [0.4, 0.5) is 19.3 Å². The summed E-state index contributed by atoms with van der Waals surface area (Å²) in [5.74, 6) is -5.77. The highest BCUT2D eigenvalue weighted by Gasteiger charge is 2.45. The average molecular weight is 391 g/mol. The highest BCUT2D eigenvalue weighted by Crippen LogP contribution is 2.39. The second kappa shape index (κ2) is 8.24. The van der Waals surface area contributed by atoms with Crippen molar-refractivity contribution in [3.63, 3.8) is 0 Å². The van der Waals surface area contributed by atoms with Crippen molar-refractivity contribution in [3.05, 3.63) is 59.7 Å². The summed E-state index contributed by atoms with van der Waals surface area (Å²) in [6.45, 7) is 1.79. The van der Waals surface area contributed by atoms with Crippen LogP contribution >= 0.6 is 0 Å². The number of halogens is 2. The molecule has 6 nitrogen and oxygen atoms in total. The Balaban J connectivity index is 1.95. The number of ether oxygens (including phenoxy) is 3. The molecule has 0 saturated carbocycles. The predicted molar refractivity (Wildman–Crippen MR) is 96.4 cm³/mol. The van der Waals surface area contributed by atoms with Crippen molar-refractivity contribution in [2.24, 2.45) is 0 Å². The number of rotatable bonds is 7. The van der Waals surface area contributed by atoms with Crippen LogP contribution in [-0.4, -0.2) is 31.8 Å². The fourth-order valence-electron chi connectivity index (χ4n) is 2.75. The lowest BCUT2D eigenvalue weighted by molar-refractivity contribution is -0.173. The molecular weight excluding hydrogens is 372 g/mol. The lowest BCUT2D eigenvalue weighted by Gasteiger charge is -2.21. The van der Waals surface area contributed by atoms with Crippen LogP contribution in [0, 0.1) is 0 Å². The fourth-order valence-corrected chi connectivity index (χ4v) is 2.75. The highest BCUT2D eigenvalue weighted by molar-refractivity contribution is 5.90. The number of nitrogens with zero attached hydrogens (tertiary/aromatic N) is 1. The minimum atomic E-state index is -3.90. The van der Waals surface area contributed by atoms with E-state index in [0.717, 1.165) is 11.6 Å². The van der Waals surface area contributed by atoms with Gasteiger partial charge in [0, 0.05) is 6.07 Å². The van der Waals surface area contributed by atoms with Gasteiger partial charge in [0.15, 0.2) is 0 Å². The Morgan fingerprint density at radius 1 is 1.21 bits per heavy atom. The summed E-state index contributed by atoms with van der Waals surface area (Å²) in [6, 6.07) is 12.7. The molecule has 0 atom stereocenters. The molecule has 28 heavy (non-hydrogen) atoms. The number of hydrogen-bond acceptors (Lipinski definition) is 5. The standard InChI is InChI=1S/C20H19F2NO5/c1-2-26-18(24)20(21,22)16-9-8-15(23-10-11-27-19(23)25)12-17(16)28-13-14-6-4-3-5-7-14/h3-9,12H,2,10-11,13H2,1H3. The van der Waals surface area contributed by atoms with Crippen LogP contribution in [0.5, 0.6) is 5.75 Å². The molecule has 0 unspecified atom stereocenters. The SMILES string of the molecule is CCOC(=O)C(F)(F)c1ccc(N2CCOC2=O)cc1OCc1ccccc1. The zero-order valence-corrected chi connectivity index (χ0v) is 15.2. The van der Waals surface area contributed by atoms with Crippen LogP contribution in [-0.2, 0) is 26.8 Å². The molecule has 0 aliphatic carbocycles. The molecule has 1 amide bonds. The molecular formula is C20H19F2NO5. The van der Waals surface area contributed by atoms with Crippen molar-refractivity contribution in [3.8, 4) is 5.75 Å². The zero-order valence-electron chi connectivity index (χ0n) is 15.2. The molecule has 3 rings (SSSR count). The van der Waals surface area contributed by atoms with Crippen LogP contribution in [0.25, 0.3) is 0 Å². The Morgan fingerprint density at radius 3 is 2.61 bits per heavy atom. The maximum absolute atomic E-state index is 14.6. The quantitative estimate of drug-likeness (QED) is 0.671. The Kier molecular flexibility index (Phi) is 5.77. The van der Waals surface area contributed by atoms with Crippen molar-refractivity contribution in [1.82, 2.24) is 0 Å². The van der Waals surface area contributed by atoms with E-state index < -0.39 is 23.5 Å². The number of carbonyl (C=O) groups excluding carboxylic acids is 2. The number of benzene rings is 2. The maximum atomic E-state index is 14.6. The molecule has 1 aliphatic heterocycles. The van der Waals surface area contributed by atoms with Gasteiger partial charge in [-0.1, -0.05) is 30.3 Å². The number of carbonyl (C=O) groups is 2. The third-order valence-electron chi connectivity index (χ3n) is 4.14. The first kappa shape index (κ1) is 19.6. The molecule has 1 fully saturated rings. The van der Waals surface area contributed by atoms with Gasteiger partial charge in [0.1, 0.15) is 19.0 Å². The third-order valence-corrected chi connectivity index (χ3v) is 4.14. The molecule has 8 heteroatoms. The summed E-state index contributed by atoms with van der Waals surface area (Å²) in [6.07, 6.45) is -0.570. The van der Waals surface area contributed by atoms with Crippen LogP contribution in [0.2, 0.25) is 0 Å². The molecule has 148 valence electrons. The molecule has 0 bridgehead atoms. The minimum absolute atomic E-state index is 0.0145. The van der Waals surface area contributed by atoms with E-state index >= 15 is 0 Å². The summed E-state index contributed by atoms with van der Waals surface area (Å²) in [5, 5.41) is 0. The number of esters is 1. The molecule has 1 saturated heterocycles. The van der Waals surface area contributed by atoms with Gasteiger partial charge in [-0.2, -0.15) is 8.78 Å². The van der Waals surface area contributed by atoms with Gasteiger partial charge in [0.25, 0.3) is 0 Å². The molecule has 0 spiro atoms. The molecule has 1 heterocycles. The zero-order chi connectivity index (χ0) is 20.1. The van der Waals surface area contributed by atoms with Crippen LogP contribution in [0.1, 0.15) is 18.1 Å². The molecule has 0 radical (unpaired) electrons. The summed E-state index contributed by atoms with van der Waals surface area (Å²) < 4.78 is 44.3. The average Bonchev–Trinajstić information content (AvgIpc) is 3.13. The molecule has 2 aromatic rings. The number of cyclic esters (lactones) is 1. The van der Waals surface area contributed by atoms with Gasteiger partial charge in [0.2, 0.25) is 0 Å². The fraction of sp³-hybridized carbons (Fsp3) is 0.300. The van der Waals surface area contributed by atoms with Crippen molar-refractivity contribution >= 4 is 17.7 Å². The second-order valence-corrected chi connectivity index (χ2v) is 6.02. The smallest absolute Gasteiger partial charge is 0.414 e. The normalized spacial score (nSPS) is 14.0. The number of anilines is 1. The Bertz CT molecular complexity index is 857. The largest absolute Gasteiger partial charge is 0.488 e. The van der Waals surface area contributed by atoms with E-state index in [1.807, 2.05) is 6.07 Å². The predicted octanol–water partition coefficient (Wildman–Crippen LogP) is 3.88. The van der Waals surface area contributed by atoms with Gasteiger partial charge >= 0.3 is 18.0 Å². The van der Waals surface area contributed by atoms with E-state index in [1.165, 1.54) is 24.0 Å². The Morgan fingerprint density at radius 2 is 1.96 bits per heavy atom. The number of alkyl halides is 2. The minimum Gasteiger partial charge on any atom is -0.488 e. The highest BCUT2D eigenvalue weighted by atomic mass is 19.3.